The van der Waals surface area contributed by atoms with Crippen LogP contribution in [0.2, 0.25) is 0 Å². The Bertz CT molecular complexity index is 684. The number of nitrogens with zero attached hydrogens (tertiary/aromatic N) is 2. The van der Waals surface area contributed by atoms with Crippen molar-refractivity contribution < 1.29 is 18.1 Å². The van der Waals surface area contributed by atoms with Gasteiger partial charge in [0.1, 0.15) is 0 Å². The minimum absolute atomic E-state index is 0.0570. The van der Waals surface area contributed by atoms with Crippen molar-refractivity contribution in [3.8, 4) is 0 Å². The molecule has 1 saturated heterocycles. The number of nitro benzene ring substituents is 1. The molecule has 1 heterocycles. The van der Waals surface area contributed by atoms with Crippen LogP contribution in [0.4, 0.5) is 5.69 Å². The molecule has 134 valence electrons. The summed E-state index contributed by atoms with van der Waals surface area (Å²) in [6, 6.07) is 3.90. The van der Waals surface area contributed by atoms with E-state index in [1.807, 2.05) is 0 Å². The van der Waals surface area contributed by atoms with Gasteiger partial charge in [0.25, 0.3) is 5.69 Å². The van der Waals surface area contributed by atoms with E-state index in [1.165, 1.54) is 29.4 Å². The van der Waals surface area contributed by atoms with Gasteiger partial charge >= 0.3 is 0 Å². The fourth-order valence-electron chi connectivity index (χ4n) is 2.71. The van der Waals surface area contributed by atoms with Gasteiger partial charge in [-0.15, -0.1) is 0 Å². The summed E-state index contributed by atoms with van der Waals surface area (Å²) in [6.07, 6.45) is 2.12. The summed E-state index contributed by atoms with van der Waals surface area (Å²) in [6.45, 7) is 3.47. The van der Waals surface area contributed by atoms with Gasteiger partial charge in [0.15, 0.2) is 0 Å². The Hall–Kier alpha value is -1.55. The van der Waals surface area contributed by atoms with E-state index < -0.39 is 14.9 Å². The molecule has 0 amide bonds. The molecule has 0 aromatic heterocycles. The van der Waals surface area contributed by atoms with Gasteiger partial charge in [-0.3, -0.25) is 10.1 Å². The van der Waals surface area contributed by atoms with Crippen molar-refractivity contribution in [2.24, 2.45) is 5.73 Å². The molecule has 0 spiro atoms. The molecule has 0 unspecified atom stereocenters. The van der Waals surface area contributed by atoms with Crippen LogP contribution in [0, 0.1) is 17.0 Å². The lowest BCUT2D eigenvalue weighted by Gasteiger charge is -2.31. The maximum atomic E-state index is 12.7. The maximum Gasteiger partial charge on any atom is 0.272 e. The van der Waals surface area contributed by atoms with Gasteiger partial charge in [-0.05, 0) is 44.9 Å². The third-order valence-corrected chi connectivity index (χ3v) is 6.00. The predicted molar refractivity (Wildman–Crippen MR) is 89.2 cm³/mol. The van der Waals surface area contributed by atoms with Gasteiger partial charge in [0.2, 0.25) is 10.0 Å². The molecule has 0 aliphatic carbocycles. The molecule has 0 radical (unpaired) electrons. The SMILES string of the molecule is Cc1cc(S(=O)(=O)N2CCC(OCCCN)CC2)ccc1[N+](=O)[O-]. The Kier molecular flexibility index (Phi) is 6.27. The summed E-state index contributed by atoms with van der Waals surface area (Å²) < 4.78 is 32.5. The van der Waals surface area contributed by atoms with Crippen LogP contribution in [-0.2, 0) is 14.8 Å². The molecule has 0 atom stereocenters. The summed E-state index contributed by atoms with van der Waals surface area (Å²) in [4.78, 5) is 10.4. The van der Waals surface area contributed by atoms with Crippen LogP contribution in [0.15, 0.2) is 23.1 Å². The molecule has 9 heteroatoms. The number of sulfonamides is 1. The quantitative estimate of drug-likeness (QED) is 0.448. The van der Waals surface area contributed by atoms with Crippen molar-refractivity contribution in [3.05, 3.63) is 33.9 Å². The largest absolute Gasteiger partial charge is 0.378 e. The monoisotopic (exact) mass is 357 g/mol. The van der Waals surface area contributed by atoms with Crippen LogP contribution in [0.5, 0.6) is 0 Å². The number of piperidine rings is 1. The molecule has 2 rings (SSSR count). The first-order valence-electron chi connectivity index (χ1n) is 7.93. The first kappa shape index (κ1) is 18.8. The summed E-state index contributed by atoms with van der Waals surface area (Å²) in [5.74, 6) is 0. The molecular formula is C15H23N3O5S. The topological polar surface area (TPSA) is 116 Å². The smallest absolute Gasteiger partial charge is 0.272 e. The van der Waals surface area contributed by atoms with E-state index in [9.17, 15) is 18.5 Å². The second-order valence-electron chi connectivity index (χ2n) is 5.82. The summed E-state index contributed by atoms with van der Waals surface area (Å²) in [5.41, 5.74) is 5.67. The van der Waals surface area contributed by atoms with Crippen molar-refractivity contribution in [1.29, 1.82) is 0 Å². The molecule has 8 nitrogen and oxygen atoms in total. The highest BCUT2D eigenvalue weighted by atomic mass is 32.2. The fraction of sp³-hybridized carbons (Fsp3) is 0.600. The van der Waals surface area contributed by atoms with E-state index in [4.69, 9.17) is 10.5 Å². The molecule has 1 aromatic carbocycles. The summed E-state index contributed by atoms with van der Waals surface area (Å²) in [7, 11) is -3.64. The van der Waals surface area contributed by atoms with Gasteiger partial charge in [0.05, 0.1) is 15.9 Å². The number of hydrogen-bond acceptors (Lipinski definition) is 6. The Morgan fingerprint density at radius 1 is 1.38 bits per heavy atom. The lowest BCUT2D eigenvalue weighted by Crippen LogP contribution is -2.41. The second-order valence-corrected chi connectivity index (χ2v) is 7.76. The summed E-state index contributed by atoms with van der Waals surface area (Å²) in [5, 5.41) is 10.9. The highest BCUT2D eigenvalue weighted by Crippen LogP contribution is 2.26. The van der Waals surface area contributed by atoms with Crippen molar-refractivity contribution in [3.63, 3.8) is 0 Å². The lowest BCUT2D eigenvalue weighted by molar-refractivity contribution is -0.385. The average molecular weight is 357 g/mol. The van der Waals surface area contributed by atoms with Crippen LogP contribution in [0.1, 0.15) is 24.8 Å². The molecule has 0 saturated carbocycles. The molecular weight excluding hydrogens is 334 g/mol. The fourth-order valence-corrected chi connectivity index (χ4v) is 4.27. The van der Waals surface area contributed by atoms with Crippen molar-refractivity contribution >= 4 is 15.7 Å². The predicted octanol–water partition coefficient (Wildman–Crippen LogP) is 1.42. The maximum absolute atomic E-state index is 12.7. The standard InChI is InChI=1S/C15H23N3O5S/c1-12-11-14(3-4-15(12)18(19)20)24(21,22)17-8-5-13(6-9-17)23-10-2-7-16/h3-4,11,13H,2,5-10,16H2,1H3. The van der Waals surface area contributed by atoms with E-state index in [1.54, 1.807) is 0 Å². The zero-order valence-electron chi connectivity index (χ0n) is 13.7. The number of nitro groups is 1. The van der Waals surface area contributed by atoms with Gasteiger partial charge in [0, 0.05) is 31.3 Å². The van der Waals surface area contributed by atoms with Crippen LogP contribution >= 0.6 is 0 Å². The minimum Gasteiger partial charge on any atom is -0.378 e. The van der Waals surface area contributed by atoms with Crippen molar-refractivity contribution in [2.45, 2.75) is 37.2 Å². The van der Waals surface area contributed by atoms with Crippen LogP contribution in [-0.4, -0.2) is 50.0 Å². The van der Waals surface area contributed by atoms with Gasteiger partial charge < -0.3 is 10.5 Å². The zero-order chi connectivity index (χ0) is 17.7. The molecule has 2 N–H and O–H groups in total. The van der Waals surface area contributed by atoms with Gasteiger partial charge in [-0.1, -0.05) is 0 Å². The van der Waals surface area contributed by atoms with Crippen LogP contribution in [0.3, 0.4) is 0 Å². The Balaban J connectivity index is 2.04. The molecule has 24 heavy (non-hydrogen) atoms. The highest BCUT2D eigenvalue weighted by molar-refractivity contribution is 7.89. The molecule has 1 aliphatic rings. The van der Waals surface area contributed by atoms with E-state index >= 15 is 0 Å². The van der Waals surface area contributed by atoms with E-state index in [-0.39, 0.29) is 16.7 Å². The Morgan fingerprint density at radius 3 is 2.58 bits per heavy atom. The van der Waals surface area contributed by atoms with Gasteiger partial charge in [-0.2, -0.15) is 4.31 Å². The Morgan fingerprint density at radius 2 is 2.04 bits per heavy atom. The highest BCUT2D eigenvalue weighted by Gasteiger charge is 2.30. The van der Waals surface area contributed by atoms with E-state index in [2.05, 4.69) is 0 Å². The third kappa shape index (κ3) is 4.29. The van der Waals surface area contributed by atoms with Gasteiger partial charge in [-0.25, -0.2) is 8.42 Å². The Labute approximate surface area is 141 Å². The number of aryl methyl sites for hydroxylation is 1. The van der Waals surface area contributed by atoms with Crippen molar-refractivity contribution in [2.75, 3.05) is 26.2 Å². The van der Waals surface area contributed by atoms with Crippen molar-refractivity contribution in [1.82, 2.24) is 4.31 Å². The van der Waals surface area contributed by atoms with Crippen LogP contribution < -0.4 is 5.73 Å². The molecule has 0 bridgehead atoms. The number of benzene rings is 1. The second kappa shape index (κ2) is 8.02. The first-order valence-corrected chi connectivity index (χ1v) is 9.37. The van der Waals surface area contributed by atoms with Crippen LogP contribution in [0.25, 0.3) is 0 Å². The number of rotatable bonds is 7. The zero-order valence-corrected chi connectivity index (χ0v) is 14.5. The first-order chi connectivity index (χ1) is 11.4. The summed E-state index contributed by atoms with van der Waals surface area (Å²) >= 11 is 0. The van der Waals surface area contributed by atoms with E-state index in [0.717, 1.165) is 6.42 Å². The molecule has 1 fully saturated rings. The molecule has 1 aromatic rings. The van der Waals surface area contributed by atoms with E-state index in [0.29, 0.717) is 44.6 Å². The average Bonchev–Trinajstić information content (AvgIpc) is 2.55. The molecule has 1 aliphatic heterocycles. The minimum atomic E-state index is -3.64. The third-order valence-electron chi connectivity index (χ3n) is 4.11. The normalized spacial score (nSPS) is 17.1. The number of hydrogen-bond donors (Lipinski definition) is 1. The lowest BCUT2D eigenvalue weighted by atomic mass is 10.1. The number of nitrogens with two attached hydrogens (primary N) is 1. The number of ether oxygens (including phenoxy) is 1.